The monoisotopic (exact) mass is 388 g/mol. The molecule has 5 heteroatoms. The molecule has 0 aromatic rings. The topological polar surface area (TPSA) is 87.0 Å². The number of hydrogen-bond acceptors (Lipinski definition) is 5. The molecular weight excluding hydrogens is 344 g/mol. The van der Waals surface area contributed by atoms with Crippen molar-refractivity contribution in [1.29, 1.82) is 0 Å². The minimum atomic E-state index is -1.15. The zero-order valence-electron chi connectivity index (χ0n) is 17.8. The van der Waals surface area contributed by atoms with E-state index >= 15 is 0 Å². The smallest absolute Gasteiger partial charge is 0.306 e. The molecule has 0 aliphatic rings. The first-order valence-electron chi connectivity index (χ1n) is 11.1. The number of aliphatic hydroxyl groups excluding tert-OH is 3. The van der Waals surface area contributed by atoms with E-state index in [1.165, 1.54) is 51.4 Å². The van der Waals surface area contributed by atoms with Gasteiger partial charge in [0.05, 0.1) is 25.2 Å². The van der Waals surface area contributed by atoms with Crippen LogP contribution >= 0.6 is 0 Å². The van der Waals surface area contributed by atoms with Gasteiger partial charge in [-0.05, 0) is 18.8 Å². The first-order valence-corrected chi connectivity index (χ1v) is 11.1. The SMILES string of the molecule is CCCCCCCCC(CCCCCC)CC(=O)OCC(CO)(CO)CO. The van der Waals surface area contributed by atoms with Crippen molar-refractivity contribution < 1.29 is 24.9 Å². The Bertz CT molecular complexity index is 333. The first-order chi connectivity index (χ1) is 13.1. The standard InChI is InChI=1S/C22H44O5/c1-3-5-7-9-10-12-14-20(13-11-8-6-4-2)15-21(26)27-19-22(16-23,17-24)18-25/h20,23-25H,3-19H2,1-2H3. The Morgan fingerprint density at radius 3 is 1.70 bits per heavy atom. The molecule has 0 saturated heterocycles. The Hall–Kier alpha value is -0.650. The van der Waals surface area contributed by atoms with Crippen LogP contribution in [0.3, 0.4) is 0 Å². The lowest BCUT2D eigenvalue weighted by Gasteiger charge is -2.27. The highest BCUT2D eigenvalue weighted by Gasteiger charge is 2.30. The molecule has 0 bridgehead atoms. The van der Waals surface area contributed by atoms with E-state index in [4.69, 9.17) is 4.74 Å². The van der Waals surface area contributed by atoms with Gasteiger partial charge in [0, 0.05) is 6.42 Å². The molecule has 0 aromatic heterocycles. The summed E-state index contributed by atoms with van der Waals surface area (Å²) in [5, 5.41) is 28.0. The second-order valence-corrected chi connectivity index (χ2v) is 8.11. The van der Waals surface area contributed by atoms with Crippen molar-refractivity contribution in [2.45, 2.75) is 97.3 Å². The minimum Gasteiger partial charge on any atom is -0.465 e. The molecule has 0 radical (unpaired) electrons. The third kappa shape index (κ3) is 13.2. The minimum absolute atomic E-state index is 0.144. The number of carbonyl (C=O) groups excluding carboxylic acids is 1. The van der Waals surface area contributed by atoms with Crippen LogP contribution in [-0.2, 0) is 9.53 Å². The van der Waals surface area contributed by atoms with Gasteiger partial charge in [0.2, 0.25) is 0 Å². The van der Waals surface area contributed by atoms with Crippen molar-refractivity contribution in [3.8, 4) is 0 Å². The molecule has 162 valence electrons. The predicted octanol–water partition coefficient (Wildman–Crippen LogP) is 4.22. The van der Waals surface area contributed by atoms with Gasteiger partial charge in [0.15, 0.2) is 0 Å². The number of ether oxygens (including phenoxy) is 1. The maximum atomic E-state index is 12.2. The molecule has 0 aliphatic heterocycles. The van der Waals surface area contributed by atoms with Crippen molar-refractivity contribution in [3.63, 3.8) is 0 Å². The number of carbonyl (C=O) groups is 1. The number of aliphatic hydroxyl groups is 3. The third-order valence-corrected chi connectivity index (χ3v) is 5.43. The Labute approximate surface area is 166 Å². The summed E-state index contributed by atoms with van der Waals surface area (Å²) >= 11 is 0. The van der Waals surface area contributed by atoms with Gasteiger partial charge in [-0.15, -0.1) is 0 Å². The highest BCUT2D eigenvalue weighted by Crippen LogP contribution is 2.23. The van der Waals surface area contributed by atoms with E-state index in [0.717, 1.165) is 25.7 Å². The van der Waals surface area contributed by atoms with Crippen molar-refractivity contribution in [2.24, 2.45) is 11.3 Å². The van der Waals surface area contributed by atoms with E-state index in [2.05, 4.69) is 13.8 Å². The summed E-state index contributed by atoms with van der Waals surface area (Å²) in [4.78, 5) is 12.2. The molecule has 0 aromatic carbocycles. The lowest BCUT2D eigenvalue weighted by atomic mass is 9.91. The first kappa shape index (κ1) is 26.4. The van der Waals surface area contributed by atoms with Gasteiger partial charge in [-0.1, -0.05) is 78.1 Å². The summed E-state index contributed by atoms with van der Waals surface area (Å²) in [7, 11) is 0. The van der Waals surface area contributed by atoms with E-state index in [9.17, 15) is 20.1 Å². The zero-order chi connectivity index (χ0) is 20.4. The molecule has 0 rings (SSSR count). The normalized spacial score (nSPS) is 12.9. The van der Waals surface area contributed by atoms with Crippen molar-refractivity contribution >= 4 is 5.97 Å². The largest absolute Gasteiger partial charge is 0.465 e. The fourth-order valence-electron chi connectivity index (χ4n) is 3.24. The van der Waals surface area contributed by atoms with E-state index in [1.54, 1.807) is 0 Å². The Morgan fingerprint density at radius 1 is 0.778 bits per heavy atom. The second kappa shape index (κ2) is 17.4. The summed E-state index contributed by atoms with van der Waals surface area (Å²) in [5.41, 5.74) is -1.15. The maximum Gasteiger partial charge on any atom is 0.306 e. The molecule has 1 unspecified atom stereocenters. The molecule has 0 saturated carbocycles. The number of hydrogen-bond donors (Lipinski definition) is 3. The van der Waals surface area contributed by atoms with Crippen LogP contribution in [0.25, 0.3) is 0 Å². The van der Waals surface area contributed by atoms with Crippen LogP contribution in [0.4, 0.5) is 0 Å². The molecule has 0 spiro atoms. The maximum absolute atomic E-state index is 12.2. The van der Waals surface area contributed by atoms with Crippen LogP contribution in [0.5, 0.6) is 0 Å². The van der Waals surface area contributed by atoms with Crippen LogP contribution in [-0.4, -0.2) is 47.7 Å². The summed E-state index contributed by atoms with van der Waals surface area (Å²) in [6, 6.07) is 0. The average Bonchev–Trinajstić information content (AvgIpc) is 2.69. The average molecular weight is 389 g/mol. The van der Waals surface area contributed by atoms with Gasteiger partial charge < -0.3 is 20.1 Å². The number of esters is 1. The van der Waals surface area contributed by atoms with E-state index in [1.807, 2.05) is 0 Å². The van der Waals surface area contributed by atoms with Gasteiger partial charge in [-0.3, -0.25) is 4.79 Å². The lowest BCUT2D eigenvalue weighted by molar-refractivity contribution is -0.152. The molecule has 1 atom stereocenters. The van der Waals surface area contributed by atoms with E-state index in [0.29, 0.717) is 12.3 Å². The van der Waals surface area contributed by atoms with Crippen LogP contribution in [0.15, 0.2) is 0 Å². The highest BCUT2D eigenvalue weighted by atomic mass is 16.5. The lowest BCUT2D eigenvalue weighted by Crippen LogP contribution is -2.39. The Balaban J connectivity index is 4.34. The van der Waals surface area contributed by atoms with Crippen LogP contribution in [0, 0.1) is 11.3 Å². The van der Waals surface area contributed by atoms with E-state index in [-0.39, 0.29) is 12.6 Å². The third-order valence-electron chi connectivity index (χ3n) is 5.43. The Kier molecular flexibility index (Phi) is 17.0. The fourth-order valence-corrected chi connectivity index (χ4v) is 3.24. The summed E-state index contributed by atoms with van der Waals surface area (Å²) < 4.78 is 5.28. The molecule has 0 aliphatic carbocycles. The molecule has 5 nitrogen and oxygen atoms in total. The van der Waals surface area contributed by atoms with Gasteiger partial charge in [-0.2, -0.15) is 0 Å². The van der Waals surface area contributed by atoms with Crippen molar-refractivity contribution in [1.82, 2.24) is 0 Å². The van der Waals surface area contributed by atoms with E-state index < -0.39 is 25.2 Å². The molecule has 3 N–H and O–H groups in total. The summed E-state index contributed by atoms with van der Waals surface area (Å²) in [5.74, 6) is 0.0495. The Morgan fingerprint density at radius 2 is 1.22 bits per heavy atom. The van der Waals surface area contributed by atoms with Crippen LogP contribution in [0.2, 0.25) is 0 Å². The fraction of sp³-hybridized carbons (Fsp3) is 0.955. The van der Waals surface area contributed by atoms with Gasteiger partial charge in [0.1, 0.15) is 6.61 Å². The molecular formula is C22H44O5. The molecule has 0 heterocycles. The van der Waals surface area contributed by atoms with Gasteiger partial charge >= 0.3 is 5.97 Å². The second-order valence-electron chi connectivity index (χ2n) is 8.11. The van der Waals surface area contributed by atoms with Crippen LogP contribution in [0.1, 0.15) is 97.3 Å². The predicted molar refractivity (Wildman–Crippen MR) is 110 cm³/mol. The summed E-state index contributed by atoms with van der Waals surface area (Å²) in [6.07, 6.45) is 14.8. The quantitative estimate of drug-likeness (QED) is 0.228. The zero-order valence-corrected chi connectivity index (χ0v) is 17.8. The molecule has 27 heavy (non-hydrogen) atoms. The van der Waals surface area contributed by atoms with Crippen molar-refractivity contribution in [2.75, 3.05) is 26.4 Å². The van der Waals surface area contributed by atoms with Gasteiger partial charge in [0.25, 0.3) is 0 Å². The molecule has 0 fully saturated rings. The number of rotatable bonds is 19. The summed E-state index contributed by atoms with van der Waals surface area (Å²) in [6.45, 7) is 3.04. The highest BCUT2D eigenvalue weighted by molar-refractivity contribution is 5.69. The van der Waals surface area contributed by atoms with Crippen LogP contribution < -0.4 is 0 Å². The molecule has 0 amide bonds. The van der Waals surface area contributed by atoms with Crippen molar-refractivity contribution in [3.05, 3.63) is 0 Å². The van der Waals surface area contributed by atoms with Gasteiger partial charge in [-0.25, -0.2) is 0 Å². The number of unbranched alkanes of at least 4 members (excludes halogenated alkanes) is 8.